The smallest absolute Gasteiger partial charge is 0.338 e. The number of ether oxygens (including phenoxy) is 3. The molecule has 2 aromatic rings. The summed E-state index contributed by atoms with van der Waals surface area (Å²) in [5, 5.41) is 2.81. The summed E-state index contributed by atoms with van der Waals surface area (Å²) < 4.78 is 15.8. The van der Waals surface area contributed by atoms with Gasteiger partial charge < -0.3 is 19.5 Å². The summed E-state index contributed by atoms with van der Waals surface area (Å²) in [5.41, 5.74) is 1.50. The zero-order valence-electron chi connectivity index (χ0n) is 17.6. The lowest BCUT2D eigenvalue weighted by Crippen LogP contribution is -2.48. The van der Waals surface area contributed by atoms with Crippen LogP contribution in [0.2, 0.25) is 0 Å². The lowest BCUT2D eigenvalue weighted by atomic mass is 9.94. The largest absolute Gasteiger partial charge is 0.497 e. The number of nitrogens with zero attached hydrogens (tertiary/aromatic N) is 1. The molecule has 162 valence electrons. The van der Waals surface area contributed by atoms with Crippen molar-refractivity contribution in [3.05, 3.63) is 77.0 Å². The average molecular weight is 424 g/mol. The van der Waals surface area contributed by atoms with Crippen LogP contribution in [0.5, 0.6) is 5.75 Å². The number of urea groups is 1. The van der Waals surface area contributed by atoms with Crippen molar-refractivity contribution in [2.75, 3.05) is 27.4 Å². The Kier molecular flexibility index (Phi) is 6.92. The molecule has 1 aliphatic heterocycles. The molecule has 0 radical (unpaired) electrons. The summed E-state index contributed by atoms with van der Waals surface area (Å²) in [5.74, 6) is -0.515. The molecule has 0 spiro atoms. The molecule has 0 bridgehead atoms. The van der Waals surface area contributed by atoms with E-state index in [1.54, 1.807) is 68.6 Å². The van der Waals surface area contributed by atoms with Gasteiger partial charge in [-0.2, -0.15) is 0 Å². The van der Waals surface area contributed by atoms with E-state index < -0.39 is 24.0 Å². The van der Waals surface area contributed by atoms with Crippen molar-refractivity contribution in [2.24, 2.45) is 0 Å². The molecule has 1 aliphatic rings. The van der Waals surface area contributed by atoms with Gasteiger partial charge in [-0.15, -0.1) is 0 Å². The fraction of sp³-hybridized carbons (Fsp3) is 0.261. The van der Waals surface area contributed by atoms with Crippen LogP contribution in [0.15, 0.2) is 65.9 Å². The van der Waals surface area contributed by atoms with Gasteiger partial charge in [-0.05, 0) is 36.8 Å². The van der Waals surface area contributed by atoms with Crippen LogP contribution < -0.4 is 10.1 Å². The second kappa shape index (κ2) is 9.80. The molecule has 8 nitrogen and oxygen atoms in total. The van der Waals surface area contributed by atoms with Gasteiger partial charge in [0.2, 0.25) is 0 Å². The second-order valence-corrected chi connectivity index (χ2v) is 6.74. The van der Waals surface area contributed by atoms with E-state index >= 15 is 0 Å². The maximum Gasteiger partial charge on any atom is 0.338 e. The third-order valence-corrected chi connectivity index (χ3v) is 4.87. The monoisotopic (exact) mass is 424 g/mol. The molecule has 0 aliphatic carbocycles. The van der Waals surface area contributed by atoms with Gasteiger partial charge in [0.25, 0.3) is 0 Å². The fourth-order valence-electron chi connectivity index (χ4n) is 3.22. The first-order chi connectivity index (χ1) is 15.0. The van der Waals surface area contributed by atoms with Crippen molar-refractivity contribution in [2.45, 2.75) is 13.0 Å². The van der Waals surface area contributed by atoms with Gasteiger partial charge in [-0.3, -0.25) is 4.90 Å². The number of esters is 2. The topological polar surface area (TPSA) is 94.2 Å². The minimum absolute atomic E-state index is 0.159. The normalized spacial score (nSPS) is 15.9. The maximum atomic E-state index is 12.9. The van der Waals surface area contributed by atoms with E-state index in [1.807, 2.05) is 0 Å². The number of benzene rings is 2. The highest BCUT2D eigenvalue weighted by atomic mass is 16.5. The van der Waals surface area contributed by atoms with E-state index in [4.69, 9.17) is 14.2 Å². The second-order valence-electron chi connectivity index (χ2n) is 6.74. The Bertz CT molecular complexity index is 985. The highest BCUT2D eigenvalue weighted by molar-refractivity contribution is 5.95. The molecule has 1 unspecified atom stereocenters. The number of hydrogen-bond donors (Lipinski definition) is 1. The molecule has 2 amide bonds. The lowest BCUT2D eigenvalue weighted by Gasteiger charge is -2.34. The van der Waals surface area contributed by atoms with Crippen molar-refractivity contribution in [3.8, 4) is 5.75 Å². The number of likely N-dealkylation sites (N-methyl/N-ethyl adjacent to an activating group) is 1. The highest BCUT2D eigenvalue weighted by Crippen LogP contribution is 2.32. The number of hydrogen-bond acceptors (Lipinski definition) is 6. The predicted molar refractivity (Wildman–Crippen MR) is 112 cm³/mol. The maximum absolute atomic E-state index is 12.9. The summed E-state index contributed by atoms with van der Waals surface area (Å²) >= 11 is 0. The summed E-state index contributed by atoms with van der Waals surface area (Å²) in [6.07, 6.45) is 0. The molecule has 1 heterocycles. The highest BCUT2D eigenvalue weighted by Gasteiger charge is 2.37. The quantitative estimate of drug-likeness (QED) is 0.687. The third-order valence-electron chi connectivity index (χ3n) is 4.87. The van der Waals surface area contributed by atoms with E-state index in [1.165, 1.54) is 11.9 Å². The molecule has 1 N–H and O–H groups in total. The van der Waals surface area contributed by atoms with Gasteiger partial charge in [0.05, 0.1) is 36.6 Å². The van der Waals surface area contributed by atoms with Crippen LogP contribution in [-0.2, 0) is 14.3 Å². The van der Waals surface area contributed by atoms with Crippen molar-refractivity contribution < 1.29 is 28.6 Å². The molecule has 31 heavy (non-hydrogen) atoms. The molecule has 0 fully saturated rings. The molecule has 0 saturated carbocycles. The molecule has 2 aromatic carbocycles. The first-order valence-corrected chi connectivity index (χ1v) is 9.76. The molecule has 0 saturated heterocycles. The first-order valence-electron chi connectivity index (χ1n) is 9.76. The molecule has 8 heteroatoms. The van der Waals surface area contributed by atoms with E-state index in [2.05, 4.69) is 5.32 Å². The van der Waals surface area contributed by atoms with Crippen LogP contribution >= 0.6 is 0 Å². The van der Waals surface area contributed by atoms with Crippen LogP contribution in [0.3, 0.4) is 0 Å². The summed E-state index contributed by atoms with van der Waals surface area (Å²) in [7, 11) is 3.06. The van der Waals surface area contributed by atoms with Crippen LogP contribution in [0.25, 0.3) is 0 Å². The Balaban J connectivity index is 1.98. The standard InChI is InChI=1S/C23H24N2O6/c1-4-30-22(27)19-18(14-31-21(26)16-8-6-5-7-9-16)25(2)23(28)24-20(19)15-10-12-17(29-3)13-11-15/h5-13,20H,4,14H2,1-3H3,(H,24,28). The van der Waals surface area contributed by atoms with Gasteiger partial charge in [0, 0.05) is 7.05 Å². The Morgan fingerprint density at radius 2 is 1.68 bits per heavy atom. The predicted octanol–water partition coefficient (Wildman–Crippen LogP) is 3.07. The van der Waals surface area contributed by atoms with Gasteiger partial charge in [0.15, 0.2) is 0 Å². The molecule has 3 rings (SSSR count). The zero-order chi connectivity index (χ0) is 22.4. The fourth-order valence-corrected chi connectivity index (χ4v) is 3.22. The van der Waals surface area contributed by atoms with Crippen LogP contribution in [0.1, 0.15) is 28.9 Å². The Hall–Kier alpha value is -3.81. The average Bonchev–Trinajstić information content (AvgIpc) is 2.80. The van der Waals surface area contributed by atoms with Crippen LogP contribution in [0.4, 0.5) is 4.79 Å². The van der Waals surface area contributed by atoms with Gasteiger partial charge in [-0.1, -0.05) is 30.3 Å². The van der Waals surface area contributed by atoms with Gasteiger partial charge in [0.1, 0.15) is 12.4 Å². The zero-order valence-corrected chi connectivity index (χ0v) is 17.6. The third kappa shape index (κ3) is 4.85. The Morgan fingerprint density at radius 3 is 2.29 bits per heavy atom. The number of nitrogens with one attached hydrogen (secondary N) is 1. The van der Waals surface area contributed by atoms with E-state index in [9.17, 15) is 14.4 Å². The summed E-state index contributed by atoms with van der Waals surface area (Å²) in [4.78, 5) is 39.1. The number of carbonyl (C=O) groups excluding carboxylic acids is 3. The van der Waals surface area contributed by atoms with Crippen molar-refractivity contribution in [3.63, 3.8) is 0 Å². The molecule has 1 atom stereocenters. The number of rotatable bonds is 7. The lowest BCUT2D eigenvalue weighted by molar-refractivity contribution is -0.139. The van der Waals surface area contributed by atoms with E-state index in [-0.39, 0.29) is 24.5 Å². The van der Waals surface area contributed by atoms with Gasteiger partial charge >= 0.3 is 18.0 Å². The Morgan fingerprint density at radius 1 is 1.00 bits per heavy atom. The summed E-state index contributed by atoms with van der Waals surface area (Å²) in [6.45, 7) is 1.59. The van der Waals surface area contributed by atoms with Crippen molar-refractivity contribution in [1.29, 1.82) is 0 Å². The number of amides is 2. The Labute approximate surface area is 180 Å². The number of carbonyl (C=O) groups is 3. The van der Waals surface area contributed by atoms with E-state index in [0.29, 0.717) is 16.9 Å². The van der Waals surface area contributed by atoms with Crippen molar-refractivity contribution >= 4 is 18.0 Å². The van der Waals surface area contributed by atoms with Crippen molar-refractivity contribution in [1.82, 2.24) is 10.2 Å². The van der Waals surface area contributed by atoms with E-state index in [0.717, 1.165) is 0 Å². The molecular weight excluding hydrogens is 400 g/mol. The SMILES string of the molecule is CCOC(=O)C1=C(COC(=O)c2ccccc2)N(C)C(=O)NC1c1ccc(OC)cc1. The molecular formula is C23H24N2O6. The first kappa shape index (κ1) is 21.9. The van der Waals surface area contributed by atoms with Gasteiger partial charge in [-0.25, -0.2) is 14.4 Å². The van der Waals surface area contributed by atoms with Crippen LogP contribution in [0, 0.1) is 0 Å². The number of methoxy groups -OCH3 is 1. The minimum atomic E-state index is -0.765. The van der Waals surface area contributed by atoms with Crippen LogP contribution in [-0.4, -0.2) is 50.2 Å². The summed E-state index contributed by atoms with van der Waals surface area (Å²) in [6, 6.07) is 14.3. The molecule has 0 aromatic heterocycles. The minimum Gasteiger partial charge on any atom is -0.497 e.